The molecule has 0 spiro atoms. The lowest BCUT2D eigenvalue weighted by atomic mass is 9.97. The number of carbonyl (C=O) groups is 1. The predicted molar refractivity (Wildman–Crippen MR) is 105 cm³/mol. The highest BCUT2D eigenvalue weighted by Gasteiger charge is 2.34. The second kappa shape index (κ2) is 7.89. The Morgan fingerprint density at radius 3 is 2.75 bits per heavy atom. The number of hydrogen-bond acceptors (Lipinski definition) is 5. The minimum Gasteiger partial charge on any atom is -0.493 e. The molecule has 1 amide bonds. The lowest BCUT2D eigenvalue weighted by Gasteiger charge is -2.35. The maximum atomic E-state index is 13.3. The average Bonchev–Trinajstić information content (AvgIpc) is 3.37. The fraction of sp³-hybridized carbons (Fsp3) is 0.250. The molecule has 146 valence electrons. The van der Waals surface area contributed by atoms with Gasteiger partial charge in [-0.15, -0.1) is 22.7 Å². The molecule has 0 fully saturated rings. The van der Waals surface area contributed by atoms with Crippen molar-refractivity contribution < 1.29 is 23.0 Å². The van der Waals surface area contributed by atoms with E-state index in [2.05, 4.69) is 10.8 Å². The van der Waals surface area contributed by atoms with E-state index in [0.29, 0.717) is 6.54 Å². The van der Waals surface area contributed by atoms with Gasteiger partial charge in [0.1, 0.15) is 0 Å². The van der Waals surface area contributed by atoms with Gasteiger partial charge in [-0.2, -0.15) is 8.78 Å². The summed E-state index contributed by atoms with van der Waals surface area (Å²) >= 11 is 3.29. The summed E-state index contributed by atoms with van der Waals surface area (Å²) in [6.45, 7) is -2.44. The third-order valence-electron chi connectivity index (χ3n) is 4.67. The van der Waals surface area contributed by atoms with Gasteiger partial charge in [0, 0.05) is 21.9 Å². The Labute approximate surface area is 168 Å². The minimum absolute atomic E-state index is 0.149. The Balaban J connectivity index is 1.71. The van der Waals surface area contributed by atoms with Crippen molar-refractivity contribution in [2.45, 2.75) is 19.1 Å². The van der Waals surface area contributed by atoms with Crippen LogP contribution in [0.15, 0.2) is 47.2 Å². The molecule has 3 aromatic rings. The molecule has 3 heterocycles. The van der Waals surface area contributed by atoms with E-state index in [0.717, 1.165) is 16.9 Å². The summed E-state index contributed by atoms with van der Waals surface area (Å²) in [7, 11) is 1.37. The monoisotopic (exact) mass is 421 g/mol. The van der Waals surface area contributed by atoms with Crippen LogP contribution in [0.5, 0.6) is 11.5 Å². The summed E-state index contributed by atoms with van der Waals surface area (Å²) in [5.41, 5.74) is 1.42. The Kier molecular flexibility index (Phi) is 5.32. The summed E-state index contributed by atoms with van der Waals surface area (Å²) in [5.74, 6) is -0.216. The Morgan fingerprint density at radius 1 is 1.18 bits per heavy atom. The SMILES string of the molecule is COc1ccc(C(=O)N2CCc3sccc3C2c2cccs2)cc1OC(F)F. The van der Waals surface area contributed by atoms with Crippen molar-refractivity contribution in [3.05, 3.63) is 68.0 Å². The number of benzene rings is 1. The van der Waals surface area contributed by atoms with Crippen molar-refractivity contribution in [3.63, 3.8) is 0 Å². The molecule has 1 unspecified atom stereocenters. The number of rotatable bonds is 5. The highest BCUT2D eigenvalue weighted by molar-refractivity contribution is 7.10. The number of amides is 1. The Bertz CT molecular complexity index is 972. The first-order valence-corrected chi connectivity index (χ1v) is 10.4. The first-order chi connectivity index (χ1) is 13.6. The third kappa shape index (κ3) is 3.49. The highest BCUT2D eigenvalue weighted by Crippen LogP contribution is 2.40. The van der Waals surface area contributed by atoms with E-state index in [1.165, 1.54) is 24.1 Å². The zero-order valence-corrected chi connectivity index (χ0v) is 16.6. The number of ether oxygens (including phenoxy) is 2. The molecule has 0 aliphatic carbocycles. The summed E-state index contributed by atoms with van der Waals surface area (Å²) in [6.07, 6.45) is 0.775. The lowest BCUT2D eigenvalue weighted by molar-refractivity contribution is -0.0512. The van der Waals surface area contributed by atoms with Gasteiger partial charge in [-0.25, -0.2) is 0 Å². The Morgan fingerprint density at radius 2 is 2.04 bits per heavy atom. The van der Waals surface area contributed by atoms with E-state index in [1.807, 2.05) is 22.9 Å². The summed E-state index contributed by atoms with van der Waals surface area (Å²) in [4.78, 5) is 17.5. The molecule has 1 atom stereocenters. The molecule has 28 heavy (non-hydrogen) atoms. The first-order valence-electron chi connectivity index (χ1n) is 8.62. The predicted octanol–water partition coefficient (Wildman–Crippen LogP) is 5.21. The van der Waals surface area contributed by atoms with Crippen LogP contribution in [-0.4, -0.2) is 31.1 Å². The average molecular weight is 421 g/mol. The van der Waals surface area contributed by atoms with Crippen LogP contribution in [0.2, 0.25) is 0 Å². The Hall–Kier alpha value is -2.45. The van der Waals surface area contributed by atoms with Crippen LogP contribution in [-0.2, 0) is 6.42 Å². The van der Waals surface area contributed by atoms with Crippen LogP contribution in [0.25, 0.3) is 0 Å². The second-order valence-corrected chi connectivity index (χ2v) is 8.19. The lowest BCUT2D eigenvalue weighted by Crippen LogP contribution is -2.39. The van der Waals surface area contributed by atoms with E-state index in [-0.39, 0.29) is 29.0 Å². The zero-order chi connectivity index (χ0) is 19.7. The van der Waals surface area contributed by atoms with E-state index in [1.54, 1.807) is 33.6 Å². The number of methoxy groups -OCH3 is 1. The van der Waals surface area contributed by atoms with Gasteiger partial charge in [0.15, 0.2) is 11.5 Å². The molecule has 0 radical (unpaired) electrons. The molecule has 0 N–H and O–H groups in total. The maximum Gasteiger partial charge on any atom is 0.387 e. The van der Waals surface area contributed by atoms with Crippen LogP contribution < -0.4 is 9.47 Å². The van der Waals surface area contributed by atoms with Crippen LogP contribution in [0.1, 0.15) is 31.7 Å². The maximum absolute atomic E-state index is 13.3. The third-order valence-corrected chi connectivity index (χ3v) is 6.59. The highest BCUT2D eigenvalue weighted by atomic mass is 32.1. The van der Waals surface area contributed by atoms with Crippen LogP contribution in [0.3, 0.4) is 0 Å². The van der Waals surface area contributed by atoms with Gasteiger partial charge in [-0.1, -0.05) is 6.07 Å². The summed E-state index contributed by atoms with van der Waals surface area (Å²) in [5, 5.41) is 4.03. The minimum atomic E-state index is -3.00. The van der Waals surface area contributed by atoms with Crippen molar-refractivity contribution in [3.8, 4) is 11.5 Å². The molecule has 4 nitrogen and oxygen atoms in total. The van der Waals surface area contributed by atoms with Crippen molar-refractivity contribution in [1.82, 2.24) is 4.90 Å². The summed E-state index contributed by atoms with van der Waals surface area (Å²) in [6, 6.07) is 10.2. The smallest absolute Gasteiger partial charge is 0.387 e. The van der Waals surface area contributed by atoms with E-state index < -0.39 is 6.61 Å². The van der Waals surface area contributed by atoms with Crippen molar-refractivity contribution in [1.29, 1.82) is 0 Å². The van der Waals surface area contributed by atoms with Gasteiger partial charge in [0.25, 0.3) is 5.91 Å². The van der Waals surface area contributed by atoms with Crippen LogP contribution in [0, 0.1) is 0 Å². The standard InChI is InChI=1S/C20H17F2NO3S2/c1-25-14-5-4-12(11-15(14)26-20(21)22)19(24)23-8-6-16-13(7-10-28-16)18(23)17-3-2-9-27-17/h2-5,7,9-11,18,20H,6,8H2,1H3. The molecule has 1 aliphatic rings. The van der Waals surface area contributed by atoms with Crippen molar-refractivity contribution >= 4 is 28.6 Å². The topological polar surface area (TPSA) is 38.8 Å². The molecule has 0 saturated carbocycles. The van der Waals surface area contributed by atoms with Gasteiger partial charge < -0.3 is 14.4 Å². The van der Waals surface area contributed by atoms with Gasteiger partial charge in [-0.05, 0) is 53.1 Å². The fourth-order valence-electron chi connectivity index (χ4n) is 3.45. The molecular weight excluding hydrogens is 404 g/mol. The number of hydrogen-bond donors (Lipinski definition) is 0. The molecule has 2 aromatic heterocycles. The molecule has 1 aliphatic heterocycles. The number of thiophene rings is 2. The molecule has 1 aromatic carbocycles. The van der Waals surface area contributed by atoms with Crippen molar-refractivity contribution in [2.75, 3.05) is 13.7 Å². The number of carbonyl (C=O) groups excluding carboxylic acids is 1. The number of fused-ring (bicyclic) bond motifs is 1. The second-order valence-electron chi connectivity index (χ2n) is 6.21. The van der Waals surface area contributed by atoms with Crippen molar-refractivity contribution in [2.24, 2.45) is 0 Å². The number of halogens is 2. The fourth-order valence-corrected chi connectivity index (χ4v) is 5.21. The van der Waals surface area contributed by atoms with Crippen LogP contribution in [0.4, 0.5) is 8.78 Å². The van der Waals surface area contributed by atoms with E-state index in [4.69, 9.17) is 4.74 Å². The van der Waals surface area contributed by atoms with Gasteiger partial charge in [0.2, 0.25) is 0 Å². The molecule has 4 rings (SSSR count). The quantitative estimate of drug-likeness (QED) is 0.568. The number of alkyl halides is 2. The van der Waals surface area contributed by atoms with Gasteiger partial charge in [-0.3, -0.25) is 4.79 Å². The van der Waals surface area contributed by atoms with Crippen LogP contribution >= 0.6 is 22.7 Å². The molecule has 8 heteroatoms. The van der Waals surface area contributed by atoms with E-state index >= 15 is 0 Å². The zero-order valence-electron chi connectivity index (χ0n) is 14.9. The normalized spacial score (nSPS) is 16.1. The molecule has 0 saturated heterocycles. The molecular formula is C20H17F2NO3S2. The van der Waals surface area contributed by atoms with Gasteiger partial charge in [0.05, 0.1) is 13.2 Å². The first kappa shape index (κ1) is 18.9. The largest absolute Gasteiger partial charge is 0.493 e. The van der Waals surface area contributed by atoms with Gasteiger partial charge >= 0.3 is 6.61 Å². The molecule has 0 bridgehead atoms. The number of nitrogens with zero attached hydrogens (tertiary/aromatic N) is 1. The summed E-state index contributed by atoms with van der Waals surface area (Å²) < 4.78 is 35.1. The van der Waals surface area contributed by atoms with E-state index in [9.17, 15) is 13.6 Å².